The Labute approximate surface area is 107 Å². The summed E-state index contributed by atoms with van der Waals surface area (Å²) in [6, 6.07) is 7.87. The van der Waals surface area contributed by atoms with E-state index in [2.05, 4.69) is 5.32 Å². The van der Waals surface area contributed by atoms with Gasteiger partial charge in [0.15, 0.2) is 0 Å². The molecule has 0 radical (unpaired) electrons. The van der Waals surface area contributed by atoms with Gasteiger partial charge in [-0.15, -0.1) is 0 Å². The van der Waals surface area contributed by atoms with E-state index in [9.17, 15) is 8.78 Å². The first kappa shape index (κ1) is 15.1. The molecular weight excluding hydrogens is 236 g/mol. The molecule has 0 amide bonds. The zero-order valence-electron chi connectivity index (χ0n) is 10.5. The predicted octanol–water partition coefficient (Wildman–Crippen LogP) is 2.92. The number of nitrogens with one attached hydrogen (secondary N) is 1. The van der Waals surface area contributed by atoms with Gasteiger partial charge in [0.05, 0.1) is 6.54 Å². The topological polar surface area (TPSA) is 32.3 Å². The average Bonchev–Trinajstić information content (AvgIpc) is 2.39. The minimum atomic E-state index is -2.81. The van der Waals surface area contributed by atoms with Crippen LogP contribution in [0.3, 0.4) is 0 Å². The number of rotatable bonds is 9. The smallest absolute Gasteiger partial charge is 0.285 e. The molecule has 2 nitrogen and oxygen atoms in total. The molecule has 18 heavy (non-hydrogen) atoms. The summed E-state index contributed by atoms with van der Waals surface area (Å²) in [5.74, 6) is -2.81. The van der Waals surface area contributed by atoms with Gasteiger partial charge in [-0.3, -0.25) is 0 Å². The highest BCUT2D eigenvalue weighted by atomic mass is 19.3. The second-order valence-electron chi connectivity index (χ2n) is 4.39. The maximum Gasteiger partial charge on any atom is 0.285 e. The Hall–Kier alpha value is -1.00. The number of aliphatic hydroxyl groups excluding tert-OH is 1. The van der Waals surface area contributed by atoms with Gasteiger partial charge >= 0.3 is 0 Å². The Morgan fingerprint density at radius 2 is 1.67 bits per heavy atom. The van der Waals surface area contributed by atoms with E-state index in [1.165, 1.54) is 12.1 Å². The highest BCUT2D eigenvalue weighted by Crippen LogP contribution is 2.26. The van der Waals surface area contributed by atoms with Crippen molar-refractivity contribution in [1.82, 2.24) is 5.32 Å². The molecule has 0 saturated carbocycles. The van der Waals surface area contributed by atoms with Crippen molar-refractivity contribution in [3.05, 3.63) is 35.9 Å². The van der Waals surface area contributed by atoms with Gasteiger partial charge in [-0.05, 0) is 19.4 Å². The van der Waals surface area contributed by atoms with Crippen LogP contribution in [0.5, 0.6) is 0 Å². The molecule has 1 rings (SSSR count). The number of benzene rings is 1. The van der Waals surface area contributed by atoms with Crippen LogP contribution < -0.4 is 5.32 Å². The van der Waals surface area contributed by atoms with Gasteiger partial charge in [-0.2, -0.15) is 8.78 Å². The summed E-state index contributed by atoms with van der Waals surface area (Å²) >= 11 is 0. The van der Waals surface area contributed by atoms with Crippen molar-refractivity contribution in [3.63, 3.8) is 0 Å². The van der Waals surface area contributed by atoms with Crippen molar-refractivity contribution in [3.8, 4) is 0 Å². The van der Waals surface area contributed by atoms with Gasteiger partial charge in [0.25, 0.3) is 5.92 Å². The number of unbranched alkanes of at least 4 members (excludes halogenated alkanes) is 3. The fraction of sp³-hybridized carbons (Fsp3) is 0.571. The van der Waals surface area contributed by atoms with Gasteiger partial charge in [0.2, 0.25) is 0 Å². The first-order valence-electron chi connectivity index (χ1n) is 6.42. The molecule has 0 spiro atoms. The van der Waals surface area contributed by atoms with Gasteiger partial charge < -0.3 is 10.4 Å². The fourth-order valence-corrected chi connectivity index (χ4v) is 1.74. The number of hydrogen-bond donors (Lipinski definition) is 2. The van der Waals surface area contributed by atoms with Crippen LogP contribution >= 0.6 is 0 Å². The van der Waals surface area contributed by atoms with E-state index in [0.29, 0.717) is 6.54 Å². The molecule has 0 fully saturated rings. The Morgan fingerprint density at radius 3 is 2.33 bits per heavy atom. The van der Waals surface area contributed by atoms with Gasteiger partial charge in [-0.1, -0.05) is 43.2 Å². The van der Waals surface area contributed by atoms with Crippen molar-refractivity contribution in [2.75, 3.05) is 19.7 Å². The summed E-state index contributed by atoms with van der Waals surface area (Å²) in [6.07, 6.45) is 3.57. The summed E-state index contributed by atoms with van der Waals surface area (Å²) in [7, 11) is 0. The van der Waals surface area contributed by atoms with Crippen molar-refractivity contribution in [2.24, 2.45) is 0 Å². The Balaban J connectivity index is 2.18. The summed E-state index contributed by atoms with van der Waals surface area (Å²) < 4.78 is 27.4. The lowest BCUT2D eigenvalue weighted by Crippen LogP contribution is -2.31. The van der Waals surface area contributed by atoms with E-state index in [1.807, 2.05) is 0 Å². The standard InChI is InChI=1S/C14H21F2NO/c15-14(16,13-8-4-3-5-9-13)12-17-10-6-1-2-7-11-18/h3-5,8-9,17-18H,1-2,6-7,10-12H2. The van der Waals surface area contributed by atoms with E-state index in [-0.39, 0.29) is 18.7 Å². The van der Waals surface area contributed by atoms with Gasteiger partial charge in [0, 0.05) is 12.2 Å². The second-order valence-corrected chi connectivity index (χ2v) is 4.39. The lowest BCUT2D eigenvalue weighted by atomic mass is 10.1. The number of alkyl halides is 2. The fourth-order valence-electron chi connectivity index (χ4n) is 1.74. The van der Waals surface area contributed by atoms with Crippen LogP contribution in [-0.4, -0.2) is 24.8 Å². The van der Waals surface area contributed by atoms with Crippen LogP contribution in [0.4, 0.5) is 8.78 Å². The SMILES string of the molecule is OCCCCCCNCC(F)(F)c1ccccc1. The highest BCUT2D eigenvalue weighted by molar-refractivity contribution is 5.20. The Kier molecular flexibility index (Phi) is 6.83. The van der Waals surface area contributed by atoms with E-state index < -0.39 is 5.92 Å². The van der Waals surface area contributed by atoms with E-state index >= 15 is 0 Å². The lowest BCUT2D eigenvalue weighted by Gasteiger charge is -2.17. The third-order valence-corrected chi connectivity index (χ3v) is 2.80. The molecule has 102 valence electrons. The maximum absolute atomic E-state index is 13.7. The molecule has 0 aromatic heterocycles. The normalized spacial score (nSPS) is 11.7. The molecule has 0 aliphatic heterocycles. The summed E-state index contributed by atoms with van der Waals surface area (Å²) in [4.78, 5) is 0. The third-order valence-electron chi connectivity index (χ3n) is 2.80. The minimum absolute atomic E-state index is 0.0535. The van der Waals surface area contributed by atoms with Crippen molar-refractivity contribution in [2.45, 2.75) is 31.6 Å². The Morgan fingerprint density at radius 1 is 1.00 bits per heavy atom. The predicted molar refractivity (Wildman–Crippen MR) is 68.8 cm³/mol. The van der Waals surface area contributed by atoms with Crippen molar-refractivity contribution < 1.29 is 13.9 Å². The molecule has 0 aliphatic rings. The molecule has 0 unspecified atom stereocenters. The van der Waals surface area contributed by atoms with Crippen LogP contribution in [0.25, 0.3) is 0 Å². The molecule has 2 N–H and O–H groups in total. The monoisotopic (exact) mass is 257 g/mol. The van der Waals surface area contributed by atoms with Crippen LogP contribution in [-0.2, 0) is 5.92 Å². The zero-order valence-corrected chi connectivity index (χ0v) is 10.5. The van der Waals surface area contributed by atoms with Gasteiger partial charge in [0.1, 0.15) is 0 Å². The lowest BCUT2D eigenvalue weighted by molar-refractivity contribution is -0.00301. The summed E-state index contributed by atoms with van der Waals surface area (Å²) in [6.45, 7) is 0.477. The van der Waals surface area contributed by atoms with Gasteiger partial charge in [-0.25, -0.2) is 0 Å². The molecule has 0 heterocycles. The first-order valence-corrected chi connectivity index (χ1v) is 6.42. The molecule has 0 bridgehead atoms. The zero-order chi connectivity index (χ0) is 13.3. The van der Waals surface area contributed by atoms with E-state index in [1.54, 1.807) is 18.2 Å². The average molecular weight is 257 g/mol. The third kappa shape index (κ3) is 5.56. The molecule has 0 aliphatic carbocycles. The van der Waals surface area contributed by atoms with Crippen molar-refractivity contribution in [1.29, 1.82) is 0 Å². The highest BCUT2D eigenvalue weighted by Gasteiger charge is 2.30. The van der Waals surface area contributed by atoms with Crippen LogP contribution in [0, 0.1) is 0 Å². The second kappa shape index (κ2) is 8.16. The minimum Gasteiger partial charge on any atom is -0.396 e. The molecular formula is C14H21F2NO. The number of hydrogen-bond acceptors (Lipinski definition) is 2. The van der Waals surface area contributed by atoms with E-state index in [4.69, 9.17) is 5.11 Å². The van der Waals surface area contributed by atoms with E-state index in [0.717, 1.165) is 25.7 Å². The van der Waals surface area contributed by atoms with Crippen molar-refractivity contribution >= 4 is 0 Å². The maximum atomic E-state index is 13.7. The number of aliphatic hydroxyl groups is 1. The largest absolute Gasteiger partial charge is 0.396 e. The number of halogens is 2. The van der Waals surface area contributed by atoms with Crippen LogP contribution in [0.1, 0.15) is 31.2 Å². The first-order chi connectivity index (χ1) is 8.67. The van der Waals surface area contributed by atoms with Crippen LogP contribution in [0.2, 0.25) is 0 Å². The molecule has 0 saturated heterocycles. The summed E-state index contributed by atoms with van der Waals surface area (Å²) in [5.41, 5.74) is 0.0535. The molecule has 0 atom stereocenters. The summed E-state index contributed by atoms with van der Waals surface area (Å²) in [5, 5.41) is 11.4. The molecule has 1 aromatic carbocycles. The Bertz CT molecular complexity index is 317. The van der Waals surface area contributed by atoms with Crippen LogP contribution in [0.15, 0.2) is 30.3 Å². The quantitative estimate of drug-likeness (QED) is 0.667. The molecule has 4 heteroatoms. The molecule has 1 aromatic rings.